The van der Waals surface area contributed by atoms with Crippen LogP contribution in [-0.2, 0) is 29.1 Å². The van der Waals surface area contributed by atoms with Gasteiger partial charge >= 0.3 is 12.3 Å². The van der Waals surface area contributed by atoms with Crippen molar-refractivity contribution in [1.82, 2.24) is 24.8 Å². The number of carboxylic acid groups (broad SMARTS) is 1. The molecule has 3 aliphatic heterocycles. The molecule has 1 aromatic carbocycles. The van der Waals surface area contributed by atoms with Crippen molar-refractivity contribution in [2.75, 3.05) is 19.8 Å². The number of carbonyl (C=O) groups is 4. The van der Waals surface area contributed by atoms with Crippen molar-refractivity contribution in [3.8, 4) is 17.4 Å². The number of pyridine rings is 1. The topological polar surface area (TPSA) is 203 Å². The standard InChI is InChI=1S/C40H50F3N5O11S/c1-6-28-30(48(36(52)53)37(3,4)40(41,42)43)34(50)47-21-24(59-33-26-11-12-29-31(57-18-17-56-29)25(26)13-16-44-33)19-27(47)32(49)45-39(20-23(39)10-8-7-9-22(2)58-28)35(51)46-60(54,55)38(5)14-15-38/h8,10-13,16,22-24,27-28,30H,6-7,9,14-15,17-21H2,1-5H3,(H,45,49)(H,46,51)(H,52,53)/b10-8-/t22-,23-,24-,27+,28+,30+,39-/m1/s1. The molecule has 4 heterocycles. The number of hydrogen-bond donors (Lipinski definition) is 3. The minimum Gasteiger partial charge on any atom is -0.486 e. The van der Waals surface area contributed by atoms with Crippen molar-refractivity contribution in [3.63, 3.8) is 0 Å². The van der Waals surface area contributed by atoms with E-state index in [2.05, 4.69) is 15.0 Å². The molecule has 2 aromatic rings. The number of nitrogens with one attached hydrogen (secondary N) is 2. The molecule has 3 fully saturated rings. The summed E-state index contributed by atoms with van der Waals surface area (Å²) in [6.07, 6.45) is -4.49. The Morgan fingerprint density at radius 1 is 1.13 bits per heavy atom. The third-order valence-electron chi connectivity index (χ3n) is 12.4. The predicted octanol–water partition coefficient (Wildman–Crippen LogP) is 4.45. The van der Waals surface area contributed by atoms with Crippen LogP contribution in [0.5, 0.6) is 17.4 Å². The molecule has 7 rings (SSSR count). The molecule has 0 spiro atoms. The lowest BCUT2D eigenvalue weighted by molar-refractivity contribution is -0.226. The van der Waals surface area contributed by atoms with Crippen molar-refractivity contribution >= 4 is 44.6 Å². The molecule has 5 aliphatic rings. The van der Waals surface area contributed by atoms with Gasteiger partial charge in [-0.2, -0.15) is 13.2 Å². The number of halogens is 3. The molecule has 3 N–H and O–H groups in total. The Kier molecular flexibility index (Phi) is 11.2. The SMILES string of the molecule is CC[C@@H]1O[C@H](C)CC/C=C\[C@@H]2C[C@@]2(C(=O)NS(=O)(=O)C2(C)CC2)NC(=O)[C@@H]2C[C@@H](Oc3nccc4c5c(ccc34)OCCO5)CN2C(=O)[C@H]1N(C(=O)O)C(C)(C)C(F)(F)F. The third-order valence-corrected chi connectivity index (χ3v) is 14.6. The number of hydrogen-bond acceptors (Lipinski definition) is 11. The van der Waals surface area contributed by atoms with Gasteiger partial charge in [0, 0.05) is 29.3 Å². The highest BCUT2D eigenvalue weighted by atomic mass is 32.2. The van der Waals surface area contributed by atoms with Crippen LogP contribution in [-0.4, -0.2) is 124 Å². The van der Waals surface area contributed by atoms with Crippen molar-refractivity contribution in [3.05, 3.63) is 36.5 Å². The quantitative estimate of drug-likeness (QED) is 0.315. The average Bonchev–Trinajstić information content (AvgIpc) is 4.06. The van der Waals surface area contributed by atoms with Gasteiger partial charge in [0.2, 0.25) is 27.7 Å². The highest BCUT2D eigenvalue weighted by molar-refractivity contribution is 7.91. The van der Waals surface area contributed by atoms with Gasteiger partial charge in [-0.15, -0.1) is 0 Å². The van der Waals surface area contributed by atoms with Crippen molar-refractivity contribution in [2.24, 2.45) is 5.92 Å². The fraction of sp³-hybridized carbons (Fsp3) is 0.625. The van der Waals surface area contributed by atoms with E-state index in [4.69, 9.17) is 18.9 Å². The van der Waals surface area contributed by atoms with Crippen LogP contribution in [0.4, 0.5) is 18.0 Å². The van der Waals surface area contributed by atoms with Crippen LogP contribution in [0.2, 0.25) is 0 Å². The maximum absolute atomic E-state index is 15.1. The maximum atomic E-state index is 15.1. The molecule has 20 heteroatoms. The van der Waals surface area contributed by atoms with Gasteiger partial charge in [-0.25, -0.2) is 18.2 Å². The summed E-state index contributed by atoms with van der Waals surface area (Å²) in [5.74, 6) is -2.66. The number of fused-ring (bicyclic) bond motifs is 5. The molecule has 328 valence electrons. The van der Waals surface area contributed by atoms with Crippen LogP contribution in [0, 0.1) is 5.92 Å². The van der Waals surface area contributed by atoms with E-state index in [9.17, 15) is 41.1 Å². The molecule has 2 aliphatic carbocycles. The smallest absolute Gasteiger partial charge is 0.411 e. The van der Waals surface area contributed by atoms with E-state index in [1.807, 2.05) is 0 Å². The Labute approximate surface area is 345 Å². The number of sulfonamides is 1. The Morgan fingerprint density at radius 2 is 1.85 bits per heavy atom. The second-order valence-electron chi connectivity index (χ2n) is 17.0. The summed E-state index contributed by atoms with van der Waals surface area (Å²) in [7, 11) is -4.14. The van der Waals surface area contributed by atoms with Crippen LogP contribution in [0.25, 0.3) is 10.8 Å². The Bertz CT molecular complexity index is 2200. The summed E-state index contributed by atoms with van der Waals surface area (Å²) < 4.78 is 96.0. The Balaban J connectivity index is 1.30. The molecule has 1 saturated heterocycles. The number of benzene rings is 1. The predicted molar refractivity (Wildman–Crippen MR) is 208 cm³/mol. The van der Waals surface area contributed by atoms with Crippen molar-refractivity contribution in [1.29, 1.82) is 0 Å². The molecule has 0 unspecified atom stereocenters. The average molecular weight is 866 g/mol. The monoisotopic (exact) mass is 865 g/mol. The fourth-order valence-electron chi connectivity index (χ4n) is 8.23. The number of alkyl halides is 3. The molecule has 60 heavy (non-hydrogen) atoms. The van der Waals surface area contributed by atoms with Gasteiger partial charge in [-0.05, 0) is 84.4 Å². The second-order valence-corrected chi connectivity index (χ2v) is 19.2. The summed E-state index contributed by atoms with van der Waals surface area (Å²) in [4.78, 5) is 62.1. The molecule has 4 amide bonds. The number of amides is 4. The van der Waals surface area contributed by atoms with Gasteiger partial charge in [0.25, 0.3) is 5.91 Å². The van der Waals surface area contributed by atoms with Gasteiger partial charge in [-0.3, -0.25) is 24.0 Å². The van der Waals surface area contributed by atoms with Crippen LogP contribution in [0.3, 0.4) is 0 Å². The summed E-state index contributed by atoms with van der Waals surface area (Å²) in [5.41, 5.74) is -4.87. The van der Waals surface area contributed by atoms with Gasteiger partial charge in [0.1, 0.15) is 42.5 Å². The first kappa shape index (κ1) is 43.2. The van der Waals surface area contributed by atoms with Crippen LogP contribution in [0.1, 0.15) is 79.6 Å². The van der Waals surface area contributed by atoms with Gasteiger partial charge in [0.05, 0.1) is 23.5 Å². The lowest BCUT2D eigenvalue weighted by Gasteiger charge is -2.45. The van der Waals surface area contributed by atoms with Crippen LogP contribution < -0.4 is 24.2 Å². The molecule has 2 saturated carbocycles. The normalized spacial score (nSPS) is 29.8. The zero-order valence-electron chi connectivity index (χ0n) is 33.9. The summed E-state index contributed by atoms with van der Waals surface area (Å²) in [6.45, 7) is 6.23. The van der Waals surface area contributed by atoms with E-state index in [0.29, 0.717) is 68.6 Å². The zero-order chi connectivity index (χ0) is 43.6. The number of nitrogens with zero attached hydrogens (tertiary/aromatic N) is 3. The van der Waals surface area contributed by atoms with E-state index >= 15 is 4.79 Å². The molecular formula is C40H50F3N5O11S. The van der Waals surface area contributed by atoms with Crippen molar-refractivity contribution < 1.29 is 64.8 Å². The van der Waals surface area contributed by atoms with E-state index in [1.165, 1.54) is 13.1 Å². The van der Waals surface area contributed by atoms with Crippen molar-refractivity contribution in [2.45, 2.75) is 132 Å². The van der Waals surface area contributed by atoms with Crippen LogP contribution >= 0.6 is 0 Å². The molecule has 7 atom stereocenters. The number of ether oxygens (including phenoxy) is 4. The van der Waals surface area contributed by atoms with E-state index < -0.39 is 98.7 Å². The van der Waals surface area contributed by atoms with Gasteiger partial charge in [0.15, 0.2) is 11.5 Å². The second kappa shape index (κ2) is 15.6. The van der Waals surface area contributed by atoms with E-state index in [1.54, 1.807) is 44.2 Å². The number of carbonyl (C=O) groups excluding carboxylic acids is 3. The number of aromatic nitrogens is 1. The summed E-state index contributed by atoms with van der Waals surface area (Å²) in [6, 6.07) is 1.41. The summed E-state index contributed by atoms with van der Waals surface area (Å²) in [5, 5.41) is 14.3. The zero-order valence-corrected chi connectivity index (χ0v) is 34.7. The minimum atomic E-state index is -5.16. The van der Waals surface area contributed by atoms with E-state index in [0.717, 1.165) is 4.90 Å². The molecule has 1 aromatic heterocycles. The molecule has 0 radical (unpaired) electrons. The van der Waals surface area contributed by atoms with Crippen LogP contribution in [0.15, 0.2) is 36.5 Å². The first-order chi connectivity index (χ1) is 28.1. The highest BCUT2D eigenvalue weighted by Crippen LogP contribution is 2.48. The molecule has 16 nitrogen and oxygen atoms in total. The van der Waals surface area contributed by atoms with Gasteiger partial charge < -0.3 is 34.3 Å². The Morgan fingerprint density at radius 3 is 2.52 bits per heavy atom. The highest BCUT2D eigenvalue weighted by Gasteiger charge is 2.64. The van der Waals surface area contributed by atoms with E-state index in [-0.39, 0.29) is 36.5 Å². The lowest BCUT2D eigenvalue weighted by atomic mass is 9.95. The lowest BCUT2D eigenvalue weighted by Crippen LogP contribution is -2.68. The van der Waals surface area contributed by atoms with Gasteiger partial charge in [-0.1, -0.05) is 19.1 Å². The minimum absolute atomic E-state index is 0.0169. The molecule has 0 bridgehead atoms. The molecular weight excluding hydrogens is 816 g/mol. The fourth-order valence-corrected chi connectivity index (χ4v) is 9.54. The maximum Gasteiger partial charge on any atom is 0.411 e. The Hall–Kier alpha value is -4.85. The largest absolute Gasteiger partial charge is 0.486 e. The first-order valence-corrected chi connectivity index (χ1v) is 21.6. The summed E-state index contributed by atoms with van der Waals surface area (Å²) >= 11 is 0. The number of allylic oxidation sites excluding steroid dienone is 1. The first-order valence-electron chi connectivity index (χ1n) is 20.1. The third kappa shape index (κ3) is 7.80. The number of rotatable bonds is 8.